The first-order chi connectivity index (χ1) is 11.9. The number of hydrogen-bond acceptors (Lipinski definition) is 5. The molecule has 25 heavy (non-hydrogen) atoms. The van der Waals surface area contributed by atoms with Crippen molar-refractivity contribution >= 4 is 23.4 Å². The van der Waals surface area contributed by atoms with Crippen LogP contribution in [0.15, 0.2) is 18.2 Å². The summed E-state index contributed by atoms with van der Waals surface area (Å²) in [5.74, 6) is -2.05. The van der Waals surface area contributed by atoms with Gasteiger partial charge in [0.15, 0.2) is 0 Å². The van der Waals surface area contributed by atoms with Crippen LogP contribution in [0.25, 0.3) is 0 Å². The summed E-state index contributed by atoms with van der Waals surface area (Å²) in [4.78, 5) is 40.1. The van der Waals surface area contributed by atoms with Crippen molar-refractivity contribution in [3.05, 3.63) is 29.3 Å². The molecule has 0 unspecified atom stereocenters. The lowest BCUT2D eigenvalue weighted by Crippen LogP contribution is -2.53. The minimum absolute atomic E-state index is 0.215. The first-order valence-corrected chi connectivity index (χ1v) is 8.46. The van der Waals surface area contributed by atoms with Crippen LogP contribution in [0.5, 0.6) is 0 Å². The number of ether oxygens (including phenoxy) is 1. The Morgan fingerprint density at radius 1 is 1.24 bits per heavy atom. The summed E-state index contributed by atoms with van der Waals surface area (Å²) in [7, 11) is 1.53. The van der Waals surface area contributed by atoms with Crippen molar-refractivity contribution in [1.29, 1.82) is 0 Å². The molecule has 0 bridgehead atoms. The van der Waals surface area contributed by atoms with Gasteiger partial charge in [-0.2, -0.15) is 0 Å². The number of hydrogen-bond donors (Lipinski definition) is 2. The van der Waals surface area contributed by atoms with Gasteiger partial charge in [-0.1, -0.05) is 17.7 Å². The fourth-order valence-corrected chi connectivity index (χ4v) is 4.54. The molecule has 2 N–H and O–H groups in total. The molecule has 7 heteroatoms. The molecule has 0 radical (unpaired) electrons. The van der Waals surface area contributed by atoms with Gasteiger partial charge >= 0.3 is 0 Å². The Morgan fingerprint density at radius 2 is 2.00 bits per heavy atom. The molecule has 3 aliphatic rings. The summed E-state index contributed by atoms with van der Waals surface area (Å²) in [6, 6.07) is 5.41. The fourth-order valence-electron chi connectivity index (χ4n) is 4.54. The first kappa shape index (κ1) is 16.2. The van der Waals surface area contributed by atoms with E-state index in [2.05, 4.69) is 10.6 Å². The smallest absolute Gasteiger partial charge is 0.250 e. The normalized spacial score (nSPS) is 33.2. The Morgan fingerprint density at radius 3 is 2.72 bits per heavy atom. The highest BCUT2D eigenvalue weighted by atomic mass is 16.5. The van der Waals surface area contributed by atoms with E-state index in [-0.39, 0.29) is 36.9 Å². The number of rotatable bonds is 3. The number of fused-ring (bicyclic) bond motifs is 4. The van der Waals surface area contributed by atoms with Gasteiger partial charge in [0.05, 0.1) is 25.0 Å². The number of anilines is 1. The van der Waals surface area contributed by atoms with Crippen molar-refractivity contribution in [2.24, 2.45) is 11.8 Å². The van der Waals surface area contributed by atoms with E-state index in [1.165, 1.54) is 12.0 Å². The van der Waals surface area contributed by atoms with Crippen molar-refractivity contribution in [3.8, 4) is 0 Å². The number of nitrogens with one attached hydrogen (secondary N) is 2. The van der Waals surface area contributed by atoms with E-state index in [0.717, 1.165) is 11.1 Å². The molecule has 2 fully saturated rings. The minimum atomic E-state index is -1.18. The van der Waals surface area contributed by atoms with Gasteiger partial charge in [0, 0.05) is 24.4 Å². The highest BCUT2D eigenvalue weighted by Crippen LogP contribution is 2.52. The van der Waals surface area contributed by atoms with Gasteiger partial charge in [0.25, 0.3) is 0 Å². The predicted octanol–water partition coefficient (Wildman–Crippen LogP) is 0.382. The molecule has 3 heterocycles. The van der Waals surface area contributed by atoms with Crippen molar-refractivity contribution in [1.82, 2.24) is 10.2 Å². The third-order valence-corrected chi connectivity index (χ3v) is 5.63. The zero-order valence-electron chi connectivity index (χ0n) is 14.5. The summed E-state index contributed by atoms with van der Waals surface area (Å²) in [6.45, 7) is 4.30. The molecule has 1 spiro atoms. The van der Waals surface area contributed by atoms with Crippen LogP contribution in [0.2, 0.25) is 0 Å². The molecule has 0 aromatic heterocycles. The second-order valence-corrected chi connectivity index (χ2v) is 7.07. The zero-order chi connectivity index (χ0) is 17.9. The van der Waals surface area contributed by atoms with E-state index < -0.39 is 17.4 Å². The van der Waals surface area contributed by atoms with Gasteiger partial charge in [-0.15, -0.1) is 0 Å². The van der Waals surface area contributed by atoms with Gasteiger partial charge < -0.3 is 10.1 Å². The van der Waals surface area contributed by atoms with E-state index >= 15 is 0 Å². The Balaban J connectivity index is 1.83. The Hall–Kier alpha value is -2.25. The monoisotopic (exact) mass is 343 g/mol. The number of likely N-dealkylation sites (tertiary alicyclic amines) is 1. The topological polar surface area (TPSA) is 87.7 Å². The summed E-state index contributed by atoms with van der Waals surface area (Å²) >= 11 is 0. The maximum Gasteiger partial charge on any atom is 0.250 e. The molecule has 4 rings (SSSR count). The number of imide groups is 1. The fraction of sp³-hybridized carbons (Fsp3) is 0.500. The van der Waals surface area contributed by atoms with Crippen LogP contribution in [0.3, 0.4) is 0 Å². The molecule has 3 amide bonds. The van der Waals surface area contributed by atoms with Crippen LogP contribution in [-0.4, -0.2) is 48.9 Å². The molecule has 132 valence electrons. The maximum absolute atomic E-state index is 13.1. The van der Waals surface area contributed by atoms with Crippen molar-refractivity contribution < 1.29 is 19.1 Å². The van der Waals surface area contributed by atoms with E-state index in [0.29, 0.717) is 5.69 Å². The summed E-state index contributed by atoms with van der Waals surface area (Å²) < 4.78 is 5.02. The average molecular weight is 343 g/mol. The maximum atomic E-state index is 13.1. The van der Waals surface area contributed by atoms with Crippen molar-refractivity contribution in [2.75, 3.05) is 25.6 Å². The molecular formula is C18H21N3O4. The first-order valence-electron chi connectivity index (χ1n) is 8.46. The van der Waals surface area contributed by atoms with Crippen molar-refractivity contribution in [2.45, 2.75) is 25.4 Å². The SMILES string of the molecule is COCCN1C(=O)[C@H]2[C@@H](C1=O)[C@@]1(N[C@@H]2C)C(=O)Nc2ccc(C)cc21. The number of amides is 3. The van der Waals surface area contributed by atoms with Crippen LogP contribution < -0.4 is 10.6 Å². The van der Waals surface area contributed by atoms with Gasteiger partial charge in [0.1, 0.15) is 5.54 Å². The van der Waals surface area contributed by atoms with E-state index in [1.807, 2.05) is 32.0 Å². The molecule has 0 aliphatic carbocycles. The van der Waals surface area contributed by atoms with Crippen LogP contribution in [0, 0.1) is 18.8 Å². The van der Waals surface area contributed by atoms with Crippen molar-refractivity contribution in [3.63, 3.8) is 0 Å². The molecule has 7 nitrogen and oxygen atoms in total. The number of carbonyl (C=O) groups is 3. The molecule has 1 aromatic rings. The lowest BCUT2D eigenvalue weighted by atomic mass is 9.76. The number of benzene rings is 1. The second kappa shape index (κ2) is 5.37. The molecule has 2 saturated heterocycles. The number of methoxy groups -OCH3 is 1. The molecule has 1 aromatic carbocycles. The standard InChI is InChI=1S/C18H21N3O4/c1-9-4-5-12-11(8-9)18(17(24)19-12)14-13(10(2)20-18)15(22)21(16(14)23)6-7-25-3/h4-5,8,10,13-14,20H,6-7H2,1-3H3,(H,19,24)/t10-,13-,14+,18-/m1/s1. The van der Waals surface area contributed by atoms with Crippen LogP contribution >= 0.6 is 0 Å². The highest BCUT2D eigenvalue weighted by Gasteiger charge is 2.69. The largest absolute Gasteiger partial charge is 0.383 e. The minimum Gasteiger partial charge on any atom is -0.383 e. The Kier molecular flexibility index (Phi) is 3.49. The van der Waals surface area contributed by atoms with Crippen LogP contribution in [-0.2, 0) is 24.7 Å². The summed E-state index contributed by atoms with van der Waals surface area (Å²) in [5.41, 5.74) is 1.28. The summed E-state index contributed by atoms with van der Waals surface area (Å²) in [6.07, 6.45) is 0. The van der Waals surface area contributed by atoms with E-state index in [1.54, 1.807) is 0 Å². The lowest BCUT2D eigenvalue weighted by molar-refractivity contribution is -0.143. The van der Waals surface area contributed by atoms with E-state index in [9.17, 15) is 14.4 Å². The van der Waals surface area contributed by atoms with Gasteiger partial charge in [-0.3, -0.25) is 24.6 Å². The van der Waals surface area contributed by atoms with Gasteiger partial charge in [0.2, 0.25) is 17.7 Å². The molecule has 3 aliphatic heterocycles. The number of aryl methyl sites for hydroxylation is 1. The van der Waals surface area contributed by atoms with Gasteiger partial charge in [-0.25, -0.2) is 0 Å². The molecule has 4 atom stereocenters. The highest BCUT2D eigenvalue weighted by molar-refractivity contribution is 6.15. The lowest BCUT2D eigenvalue weighted by Gasteiger charge is -2.29. The summed E-state index contributed by atoms with van der Waals surface area (Å²) in [5, 5.41) is 6.17. The third kappa shape index (κ3) is 1.96. The van der Waals surface area contributed by atoms with Gasteiger partial charge in [-0.05, 0) is 19.9 Å². The molecular weight excluding hydrogens is 322 g/mol. The third-order valence-electron chi connectivity index (χ3n) is 5.63. The Bertz CT molecular complexity index is 793. The van der Waals surface area contributed by atoms with Crippen LogP contribution in [0.1, 0.15) is 18.1 Å². The quantitative estimate of drug-likeness (QED) is 0.775. The van der Waals surface area contributed by atoms with E-state index in [4.69, 9.17) is 4.74 Å². The molecule has 0 saturated carbocycles. The average Bonchev–Trinajstić information content (AvgIpc) is 3.12. The second-order valence-electron chi connectivity index (χ2n) is 7.07. The Labute approximate surface area is 145 Å². The zero-order valence-corrected chi connectivity index (χ0v) is 14.5. The number of nitrogens with zero attached hydrogens (tertiary/aromatic N) is 1. The predicted molar refractivity (Wildman–Crippen MR) is 89.7 cm³/mol. The van der Waals surface area contributed by atoms with Crippen LogP contribution in [0.4, 0.5) is 5.69 Å². The number of carbonyl (C=O) groups excluding carboxylic acids is 3.